The van der Waals surface area contributed by atoms with Crippen LogP contribution in [-0.4, -0.2) is 18.2 Å². The number of nitrogens with zero attached hydrogens (tertiary/aromatic N) is 1. The van der Waals surface area contributed by atoms with E-state index in [1.165, 1.54) is 6.07 Å². The van der Waals surface area contributed by atoms with Crippen molar-refractivity contribution in [2.75, 3.05) is 13.2 Å². The Bertz CT molecular complexity index is 638. The Hall–Kier alpha value is -1.85. The molecule has 1 saturated heterocycles. The first-order chi connectivity index (χ1) is 10.7. The summed E-state index contributed by atoms with van der Waals surface area (Å²) in [6.45, 7) is 3.45. The van der Waals surface area contributed by atoms with Crippen molar-refractivity contribution in [3.63, 3.8) is 0 Å². The van der Waals surface area contributed by atoms with Crippen LogP contribution in [-0.2, 0) is 9.47 Å². The average molecular weight is 305 g/mol. The lowest BCUT2D eigenvalue weighted by molar-refractivity contribution is -0.205. The molecule has 1 aromatic carbocycles. The number of pyridine rings is 1. The number of benzene rings is 1. The van der Waals surface area contributed by atoms with Gasteiger partial charge in [-0.2, -0.15) is 0 Å². The van der Waals surface area contributed by atoms with Crippen LogP contribution in [0.3, 0.4) is 0 Å². The van der Waals surface area contributed by atoms with Crippen molar-refractivity contribution >= 4 is 0 Å². The van der Waals surface area contributed by atoms with Gasteiger partial charge in [0.05, 0.1) is 18.9 Å². The summed E-state index contributed by atoms with van der Waals surface area (Å²) >= 11 is 0. The molecule has 2 heterocycles. The Morgan fingerprint density at radius 3 is 2.45 bits per heavy atom. The quantitative estimate of drug-likeness (QED) is 0.855. The Kier molecular flexibility index (Phi) is 4.45. The van der Waals surface area contributed by atoms with Crippen LogP contribution >= 0.6 is 0 Å². The zero-order valence-electron chi connectivity index (χ0n) is 12.3. The fourth-order valence-electron chi connectivity index (χ4n) is 2.34. The van der Waals surface area contributed by atoms with Gasteiger partial charge in [-0.25, -0.2) is 8.78 Å². The van der Waals surface area contributed by atoms with Gasteiger partial charge in [-0.3, -0.25) is 4.98 Å². The summed E-state index contributed by atoms with van der Waals surface area (Å²) in [4.78, 5) is 4.28. The highest BCUT2D eigenvalue weighted by Crippen LogP contribution is 2.27. The van der Waals surface area contributed by atoms with Crippen molar-refractivity contribution in [1.82, 2.24) is 4.98 Å². The number of ether oxygens (including phenoxy) is 2. The normalized spacial score (nSPS) is 21.8. The molecule has 0 radical (unpaired) electrons. The highest BCUT2D eigenvalue weighted by Gasteiger charge is 2.22. The van der Waals surface area contributed by atoms with Crippen molar-refractivity contribution in [3.05, 3.63) is 53.7 Å². The highest BCUT2D eigenvalue weighted by molar-refractivity contribution is 5.59. The summed E-state index contributed by atoms with van der Waals surface area (Å²) in [6, 6.07) is 7.32. The van der Waals surface area contributed by atoms with E-state index < -0.39 is 17.9 Å². The fourth-order valence-corrected chi connectivity index (χ4v) is 2.34. The minimum absolute atomic E-state index is 0.408. The monoisotopic (exact) mass is 305 g/mol. The third-order valence-corrected chi connectivity index (χ3v) is 3.82. The maximum Gasteiger partial charge on any atom is 0.185 e. The van der Waals surface area contributed by atoms with Crippen molar-refractivity contribution in [2.24, 2.45) is 5.92 Å². The van der Waals surface area contributed by atoms with Crippen LogP contribution in [0.15, 0.2) is 36.5 Å². The van der Waals surface area contributed by atoms with E-state index in [1.807, 2.05) is 6.07 Å². The first-order valence-corrected chi connectivity index (χ1v) is 7.32. The zero-order valence-corrected chi connectivity index (χ0v) is 12.3. The van der Waals surface area contributed by atoms with E-state index in [4.69, 9.17) is 9.47 Å². The van der Waals surface area contributed by atoms with Gasteiger partial charge in [0, 0.05) is 23.2 Å². The Labute approximate surface area is 127 Å². The van der Waals surface area contributed by atoms with Crippen molar-refractivity contribution in [3.8, 4) is 11.3 Å². The summed E-state index contributed by atoms with van der Waals surface area (Å²) in [5.41, 5.74) is 1.92. The van der Waals surface area contributed by atoms with Gasteiger partial charge >= 0.3 is 0 Å². The molecule has 2 aromatic rings. The lowest BCUT2D eigenvalue weighted by Gasteiger charge is -2.28. The molecule has 116 valence electrons. The number of hydrogen-bond donors (Lipinski definition) is 0. The summed E-state index contributed by atoms with van der Waals surface area (Å²) in [6.07, 6.45) is 2.27. The van der Waals surface area contributed by atoms with Crippen LogP contribution < -0.4 is 0 Å². The van der Waals surface area contributed by atoms with E-state index in [-0.39, 0.29) is 0 Å². The zero-order chi connectivity index (χ0) is 15.5. The lowest BCUT2D eigenvalue weighted by Crippen LogP contribution is -2.26. The maximum absolute atomic E-state index is 13.3. The molecule has 1 aliphatic rings. The average Bonchev–Trinajstić information content (AvgIpc) is 2.58. The van der Waals surface area contributed by atoms with Gasteiger partial charge in [0.2, 0.25) is 0 Å². The number of hydrogen-bond acceptors (Lipinski definition) is 3. The molecule has 0 saturated carbocycles. The second-order valence-corrected chi connectivity index (χ2v) is 5.38. The minimum Gasteiger partial charge on any atom is -0.348 e. The minimum atomic E-state index is -0.882. The Morgan fingerprint density at radius 2 is 1.86 bits per heavy atom. The summed E-state index contributed by atoms with van der Waals surface area (Å²) in [5.74, 6) is -1.31. The van der Waals surface area contributed by atoms with Crippen LogP contribution in [0, 0.1) is 17.6 Å². The van der Waals surface area contributed by atoms with Crippen LogP contribution in [0.2, 0.25) is 0 Å². The molecule has 0 aliphatic carbocycles. The Morgan fingerprint density at radius 1 is 1.09 bits per heavy atom. The molecule has 0 N–H and O–H groups in total. The summed E-state index contributed by atoms with van der Waals surface area (Å²) in [5, 5.41) is 0. The molecule has 1 fully saturated rings. The third-order valence-electron chi connectivity index (χ3n) is 3.82. The molecule has 0 spiro atoms. The second kappa shape index (κ2) is 6.50. The smallest absolute Gasteiger partial charge is 0.185 e. The van der Waals surface area contributed by atoms with Gasteiger partial charge in [-0.05, 0) is 30.7 Å². The predicted molar refractivity (Wildman–Crippen MR) is 78.0 cm³/mol. The highest BCUT2D eigenvalue weighted by atomic mass is 19.2. The molecule has 0 atom stereocenters. The predicted octanol–water partition coefficient (Wildman–Crippen LogP) is 4.10. The van der Waals surface area contributed by atoms with E-state index >= 15 is 0 Å². The third kappa shape index (κ3) is 3.15. The molecule has 0 bridgehead atoms. The van der Waals surface area contributed by atoms with Crippen LogP contribution in [0.1, 0.15) is 25.2 Å². The number of rotatable bonds is 3. The van der Waals surface area contributed by atoms with Gasteiger partial charge in [0.15, 0.2) is 17.9 Å². The van der Waals surface area contributed by atoms with E-state index in [0.29, 0.717) is 30.4 Å². The van der Waals surface area contributed by atoms with Gasteiger partial charge in [0.25, 0.3) is 0 Å². The molecule has 3 nitrogen and oxygen atoms in total. The van der Waals surface area contributed by atoms with Gasteiger partial charge in [-0.1, -0.05) is 13.0 Å². The molecule has 0 unspecified atom stereocenters. The molecule has 5 heteroatoms. The molecule has 3 rings (SSSR count). The van der Waals surface area contributed by atoms with E-state index in [1.54, 1.807) is 12.3 Å². The number of aromatic nitrogens is 1. The standard InChI is InChI=1S/C17H17F2NO2/c1-2-11-9-21-17(22-10-11)13-4-6-16(20-8-13)12-3-5-14(18)15(19)7-12/h3-8,11,17H,2,9-10H2,1H3/t11-,17-. The Balaban J connectivity index is 1.74. The molecule has 0 amide bonds. The molecular formula is C17H17F2NO2. The van der Waals surface area contributed by atoms with Crippen molar-refractivity contribution in [1.29, 1.82) is 0 Å². The lowest BCUT2D eigenvalue weighted by atomic mass is 10.1. The topological polar surface area (TPSA) is 31.4 Å². The van der Waals surface area contributed by atoms with Crippen molar-refractivity contribution < 1.29 is 18.3 Å². The maximum atomic E-state index is 13.3. The SMILES string of the molecule is CC[C@H]1CO[C@H](c2ccc(-c3ccc(F)c(F)c3)nc2)OC1. The van der Waals surface area contributed by atoms with Crippen LogP contribution in [0.25, 0.3) is 11.3 Å². The summed E-state index contributed by atoms with van der Waals surface area (Å²) < 4.78 is 37.6. The number of halogens is 2. The molecule has 1 aromatic heterocycles. The van der Waals surface area contributed by atoms with Crippen LogP contribution in [0.4, 0.5) is 8.78 Å². The van der Waals surface area contributed by atoms with Gasteiger partial charge in [-0.15, -0.1) is 0 Å². The van der Waals surface area contributed by atoms with Gasteiger partial charge in [0.1, 0.15) is 0 Å². The van der Waals surface area contributed by atoms with Crippen molar-refractivity contribution in [2.45, 2.75) is 19.6 Å². The van der Waals surface area contributed by atoms with Gasteiger partial charge < -0.3 is 9.47 Å². The second-order valence-electron chi connectivity index (χ2n) is 5.38. The van der Waals surface area contributed by atoms with Crippen LogP contribution in [0.5, 0.6) is 0 Å². The van der Waals surface area contributed by atoms with E-state index in [9.17, 15) is 8.78 Å². The van der Waals surface area contributed by atoms with E-state index in [0.717, 1.165) is 24.1 Å². The summed E-state index contributed by atoms with van der Waals surface area (Å²) in [7, 11) is 0. The molecular weight excluding hydrogens is 288 g/mol. The fraction of sp³-hybridized carbons (Fsp3) is 0.353. The first kappa shape index (κ1) is 15.1. The first-order valence-electron chi connectivity index (χ1n) is 7.32. The molecule has 1 aliphatic heterocycles. The van der Waals surface area contributed by atoms with E-state index in [2.05, 4.69) is 11.9 Å². The molecule has 22 heavy (non-hydrogen) atoms. The largest absolute Gasteiger partial charge is 0.348 e.